The van der Waals surface area contributed by atoms with Crippen LogP contribution in [0.1, 0.15) is 25.2 Å². The van der Waals surface area contributed by atoms with Crippen molar-refractivity contribution in [3.63, 3.8) is 0 Å². The molecule has 0 saturated carbocycles. The molecule has 0 spiro atoms. The van der Waals surface area contributed by atoms with Crippen LogP contribution in [0.4, 0.5) is 0 Å². The molecule has 0 unspecified atom stereocenters. The Labute approximate surface area is 109 Å². The highest BCUT2D eigenvalue weighted by Gasteiger charge is 2.03. The van der Waals surface area contributed by atoms with Crippen molar-refractivity contribution in [1.29, 1.82) is 0 Å². The molecular formula is C14H22N4. The van der Waals surface area contributed by atoms with Crippen molar-refractivity contribution in [3.05, 3.63) is 42.0 Å². The average molecular weight is 246 g/mol. The first-order chi connectivity index (χ1) is 8.66. The van der Waals surface area contributed by atoms with E-state index in [-0.39, 0.29) is 0 Å². The summed E-state index contributed by atoms with van der Waals surface area (Å²) >= 11 is 0. The van der Waals surface area contributed by atoms with Crippen LogP contribution in [0.25, 0.3) is 0 Å². The molecule has 0 bridgehead atoms. The van der Waals surface area contributed by atoms with Gasteiger partial charge in [0.05, 0.1) is 0 Å². The first kappa shape index (κ1) is 12.9. The van der Waals surface area contributed by atoms with E-state index in [0.717, 1.165) is 19.5 Å². The summed E-state index contributed by atoms with van der Waals surface area (Å²) in [6.07, 6.45) is 5.01. The van der Waals surface area contributed by atoms with Crippen LogP contribution in [-0.2, 0) is 26.6 Å². The highest BCUT2D eigenvalue weighted by Crippen LogP contribution is 2.06. The van der Waals surface area contributed by atoms with Crippen molar-refractivity contribution in [2.24, 2.45) is 7.05 Å². The SMILES string of the molecule is CC(C)NCc1cccn1CCc1ccnn1C. The predicted octanol–water partition coefficient (Wildman–Crippen LogP) is 1.96. The fourth-order valence-corrected chi connectivity index (χ4v) is 2.02. The molecule has 1 N–H and O–H groups in total. The van der Waals surface area contributed by atoms with Crippen molar-refractivity contribution in [2.45, 2.75) is 39.4 Å². The molecule has 0 aliphatic rings. The monoisotopic (exact) mass is 246 g/mol. The summed E-state index contributed by atoms with van der Waals surface area (Å²) in [5.41, 5.74) is 2.61. The maximum absolute atomic E-state index is 4.19. The summed E-state index contributed by atoms with van der Waals surface area (Å²) < 4.78 is 4.25. The van der Waals surface area contributed by atoms with Crippen molar-refractivity contribution in [2.75, 3.05) is 0 Å². The quantitative estimate of drug-likeness (QED) is 0.845. The van der Waals surface area contributed by atoms with Gasteiger partial charge in [-0.25, -0.2) is 0 Å². The van der Waals surface area contributed by atoms with Crippen LogP contribution < -0.4 is 5.32 Å². The largest absolute Gasteiger partial charge is 0.350 e. The lowest BCUT2D eigenvalue weighted by molar-refractivity contribution is 0.549. The van der Waals surface area contributed by atoms with Crippen LogP contribution >= 0.6 is 0 Å². The van der Waals surface area contributed by atoms with E-state index in [1.807, 2.05) is 17.9 Å². The molecule has 0 atom stereocenters. The van der Waals surface area contributed by atoms with Crippen LogP contribution in [-0.4, -0.2) is 20.4 Å². The van der Waals surface area contributed by atoms with E-state index in [4.69, 9.17) is 0 Å². The maximum Gasteiger partial charge on any atom is 0.0492 e. The standard InChI is InChI=1S/C14H22N4/c1-12(2)15-11-14-5-4-9-18(14)10-7-13-6-8-16-17(13)3/h4-6,8-9,12,15H,7,10-11H2,1-3H3. The van der Waals surface area contributed by atoms with Gasteiger partial charge in [0.25, 0.3) is 0 Å². The molecule has 2 aromatic heterocycles. The molecular weight excluding hydrogens is 224 g/mol. The van der Waals surface area contributed by atoms with Crippen LogP contribution in [0.3, 0.4) is 0 Å². The Bertz CT molecular complexity index is 481. The third-order valence-electron chi connectivity index (χ3n) is 3.15. The average Bonchev–Trinajstić information content (AvgIpc) is 2.92. The lowest BCUT2D eigenvalue weighted by Gasteiger charge is -2.12. The second-order valence-electron chi connectivity index (χ2n) is 4.92. The maximum atomic E-state index is 4.19. The first-order valence-corrected chi connectivity index (χ1v) is 6.51. The Hall–Kier alpha value is -1.55. The number of nitrogens with zero attached hydrogens (tertiary/aromatic N) is 3. The summed E-state index contributed by atoms with van der Waals surface area (Å²) in [5.74, 6) is 0. The number of aromatic nitrogens is 3. The molecule has 4 nitrogen and oxygen atoms in total. The number of hydrogen-bond donors (Lipinski definition) is 1. The molecule has 0 fully saturated rings. The van der Waals surface area contributed by atoms with E-state index >= 15 is 0 Å². The molecule has 0 aliphatic heterocycles. The topological polar surface area (TPSA) is 34.8 Å². The van der Waals surface area contributed by atoms with Gasteiger partial charge in [-0.2, -0.15) is 5.10 Å². The van der Waals surface area contributed by atoms with E-state index in [1.54, 1.807) is 0 Å². The molecule has 2 heterocycles. The van der Waals surface area contributed by atoms with Crippen molar-refractivity contribution >= 4 is 0 Å². The van der Waals surface area contributed by atoms with Gasteiger partial charge in [0.15, 0.2) is 0 Å². The van der Waals surface area contributed by atoms with Crippen LogP contribution in [0.5, 0.6) is 0 Å². The fourth-order valence-electron chi connectivity index (χ4n) is 2.02. The molecule has 4 heteroatoms. The fraction of sp³-hybridized carbons (Fsp3) is 0.500. The minimum atomic E-state index is 0.519. The minimum Gasteiger partial charge on any atom is -0.350 e. The Morgan fingerprint density at radius 1 is 1.28 bits per heavy atom. The zero-order valence-electron chi connectivity index (χ0n) is 11.4. The third kappa shape index (κ3) is 3.23. The second kappa shape index (κ2) is 5.87. The molecule has 0 radical (unpaired) electrons. The van der Waals surface area contributed by atoms with E-state index in [2.05, 4.69) is 53.2 Å². The van der Waals surface area contributed by atoms with Gasteiger partial charge in [-0.05, 0) is 18.2 Å². The number of hydrogen-bond acceptors (Lipinski definition) is 2. The molecule has 0 aliphatic carbocycles. The lowest BCUT2D eigenvalue weighted by Crippen LogP contribution is -2.23. The second-order valence-corrected chi connectivity index (χ2v) is 4.92. The number of nitrogens with one attached hydrogen (secondary N) is 1. The summed E-state index contributed by atoms with van der Waals surface area (Å²) in [6.45, 7) is 6.27. The van der Waals surface area contributed by atoms with Crippen LogP contribution in [0.2, 0.25) is 0 Å². The van der Waals surface area contributed by atoms with Crippen molar-refractivity contribution < 1.29 is 0 Å². The smallest absolute Gasteiger partial charge is 0.0492 e. The predicted molar refractivity (Wildman–Crippen MR) is 73.3 cm³/mol. The highest BCUT2D eigenvalue weighted by molar-refractivity contribution is 5.08. The van der Waals surface area contributed by atoms with E-state index in [0.29, 0.717) is 6.04 Å². The first-order valence-electron chi connectivity index (χ1n) is 6.51. The molecule has 0 saturated heterocycles. The van der Waals surface area contributed by atoms with E-state index in [9.17, 15) is 0 Å². The van der Waals surface area contributed by atoms with Gasteiger partial charge in [-0.3, -0.25) is 4.68 Å². The minimum absolute atomic E-state index is 0.519. The van der Waals surface area contributed by atoms with Crippen molar-refractivity contribution in [1.82, 2.24) is 19.7 Å². The van der Waals surface area contributed by atoms with Gasteiger partial charge in [0, 0.05) is 56.4 Å². The molecule has 2 rings (SSSR count). The summed E-state index contributed by atoms with van der Waals surface area (Å²) in [6, 6.07) is 6.89. The summed E-state index contributed by atoms with van der Waals surface area (Å²) in [7, 11) is 1.99. The highest BCUT2D eigenvalue weighted by atomic mass is 15.3. The number of aryl methyl sites for hydroxylation is 3. The molecule has 2 aromatic rings. The number of rotatable bonds is 6. The zero-order valence-corrected chi connectivity index (χ0v) is 11.4. The van der Waals surface area contributed by atoms with Gasteiger partial charge in [0.1, 0.15) is 0 Å². The van der Waals surface area contributed by atoms with Crippen molar-refractivity contribution in [3.8, 4) is 0 Å². The summed E-state index contributed by atoms with van der Waals surface area (Å²) in [5, 5.41) is 7.65. The molecule has 0 aromatic carbocycles. The van der Waals surface area contributed by atoms with Crippen LogP contribution in [0, 0.1) is 0 Å². The molecule has 98 valence electrons. The zero-order chi connectivity index (χ0) is 13.0. The van der Waals surface area contributed by atoms with Crippen LogP contribution in [0.15, 0.2) is 30.6 Å². The van der Waals surface area contributed by atoms with E-state index < -0.39 is 0 Å². The Morgan fingerprint density at radius 3 is 2.78 bits per heavy atom. The normalized spacial score (nSPS) is 11.3. The van der Waals surface area contributed by atoms with Gasteiger partial charge < -0.3 is 9.88 Å². The van der Waals surface area contributed by atoms with Gasteiger partial charge in [0.2, 0.25) is 0 Å². The Kier molecular flexibility index (Phi) is 4.20. The van der Waals surface area contributed by atoms with E-state index in [1.165, 1.54) is 11.4 Å². The van der Waals surface area contributed by atoms with Gasteiger partial charge in [-0.15, -0.1) is 0 Å². The molecule has 18 heavy (non-hydrogen) atoms. The third-order valence-corrected chi connectivity index (χ3v) is 3.15. The Balaban J connectivity index is 1.93. The van der Waals surface area contributed by atoms with Gasteiger partial charge in [-0.1, -0.05) is 13.8 Å². The van der Waals surface area contributed by atoms with Gasteiger partial charge >= 0.3 is 0 Å². The molecule has 0 amide bonds. The lowest BCUT2D eigenvalue weighted by atomic mass is 10.3. The summed E-state index contributed by atoms with van der Waals surface area (Å²) in [4.78, 5) is 0. The Morgan fingerprint density at radius 2 is 2.11 bits per heavy atom.